The van der Waals surface area contributed by atoms with E-state index in [0.29, 0.717) is 0 Å². The molecule has 1 aliphatic heterocycles. The van der Waals surface area contributed by atoms with Crippen molar-refractivity contribution in [2.45, 2.75) is 18.9 Å². The standard InChI is InChI=1S/C12H21N3O2/c1-15(4-2-11-8-13-14-9-11)5-3-12-10-16-6-7-17-12/h8-9,12H,2-7,10H2,1H3,(H,13,14). The smallest absolute Gasteiger partial charge is 0.0821 e. The van der Waals surface area contributed by atoms with E-state index >= 15 is 0 Å². The number of likely N-dealkylation sites (N-methyl/N-ethyl adjacent to an activating group) is 1. The molecule has 0 bridgehead atoms. The first-order valence-electron chi connectivity index (χ1n) is 6.20. The minimum absolute atomic E-state index is 0.278. The lowest BCUT2D eigenvalue weighted by molar-refractivity contribution is -0.0922. The maximum Gasteiger partial charge on any atom is 0.0821 e. The number of aromatic nitrogens is 2. The summed E-state index contributed by atoms with van der Waals surface area (Å²) in [5, 5.41) is 6.77. The maximum atomic E-state index is 5.61. The van der Waals surface area contributed by atoms with Crippen LogP contribution in [0, 0.1) is 0 Å². The first-order chi connectivity index (χ1) is 8.34. The highest BCUT2D eigenvalue weighted by Crippen LogP contribution is 2.06. The van der Waals surface area contributed by atoms with Crippen LogP contribution in [-0.2, 0) is 15.9 Å². The highest BCUT2D eigenvalue weighted by molar-refractivity contribution is 5.02. The minimum atomic E-state index is 0.278. The molecule has 1 aromatic rings. The predicted octanol–water partition coefficient (Wildman–Crippen LogP) is 0.690. The Balaban J connectivity index is 1.58. The van der Waals surface area contributed by atoms with Crippen LogP contribution in [-0.4, -0.2) is 61.2 Å². The largest absolute Gasteiger partial charge is 0.376 e. The van der Waals surface area contributed by atoms with Gasteiger partial charge in [-0.05, 0) is 25.5 Å². The Kier molecular flexibility index (Phi) is 4.97. The molecule has 0 spiro atoms. The quantitative estimate of drug-likeness (QED) is 0.793. The molecular weight excluding hydrogens is 218 g/mol. The minimum Gasteiger partial charge on any atom is -0.376 e. The number of H-pyrrole nitrogens is 1. The van der Waals surface area contributed by atoms with E-state index in [0.717, 1.165) is 45.8 Å². The number of ether oxygens (including phenoxy) is 2. The Hall–Kier alpha value is -0.910. The molecule has 17 heavy (non-hydrogen) atoms. The number of rotatable bonds is 6. The SMILES string of the molecule is CN(CCc1cn[nH]c1)CCC1COCCO1. The topological polar surface area (TPSA) is 50.4 Å². The molecule has 96 valence electrons. The van der Waals surface area contributed by atoms with Crippen molar-refractivity contribution >= 4 is 0 Å². The lowest BCUT2D eigenvalue weighted by Crippen LogP contribution is -2.33. The molecule has 0 aromatic carbocycles. The number of aromatic amines is 1. The molecule has 1 fully saturated rings. The first kappa shape index (κ1) is 12.5. The number of nitrogens with one attached hydrogen (secondary N) is 1. The Morgan fingerprint density at radius 1 is 1.47 bits per heavy atom. The van der Waals surface area contributed by atoms with Gasteiger partial charge in [0.15, 0.2) is 0 Å². The molecular formula is C12H21N3O2. The molecule has 1 N–H and O–H groups in total. The van der Waals surface area contributed by atoms with Crippen molar-refractivity contribution in [2.75, 3.05) is 40.0 Å². The molecule has 0 amide bonds. The predicted molar refractivity (Wildman–Crippen MR) is 65.0 cm³/mol. The number of hydrogen-bond acceptors (Lipinski definition) is 4. The van der Waals surface area contributed by atoms with Crippen LogP contribution < -0.4 is 0 Å². The second-order valence-corrected chi connectivity index (χ2v) is 4.52. The maximum absolute atomic E-state index is 5.61. The molecule has 1 saturated heterocycles. The summed E-state index contributed by atoms with van der Waals surface area (Å²) in [6.07, 6.45) is 6.19. The molecule has 1 aliphatic rings. The fraction of sp³-hybridized carbons (Fsp3) is 0.750. The van der Waals surface area contributed by atoms with Crippen LogP contribution >= 0.6 is 0 Å². The van der Waals surface area contributed by atoms with Crippen LogP contribution in [0.3, 0.4) is 0 Å². The van der Waals surface area contributed by atoms with Crippen LogP contribution in [0.4, 0.5) is 0 Å². The van der Waals surface area contributed by atoms with Crippen LogP contribution in [0.2, 0.25) is 0 Å². The lowest BCUT2D eigenvalue weighted by Gasteiger charge is -2.25. The van der Waals surface area contributed by atoms with Crippen molar-refractivity contribution in [3.8, 4) is 0 Å². The van der Waals surface area contributed by atoms with Gasteiger partial charge in [-0.25, -0.2) is 0 Å². The van der Waals surface area contributed by atoms with E-state index in [1.807, 2.05) is 12.4 Å². The van der Waals surface area contributed by atoms with Crippen LogP contribution in [0.25, 0.3) is 0 Å². The third kappa shape index (κ3) is 4.46. The fourth-order valence-corrected chi connectivity index (χ4v) is 1.91. The Labute approximate surface area is 102 Å². The summed E-state index contributed by atoms with van der Waals surface area (Å²) in [5.74, 6) is 0. The van der Waals surface area contributed by atoms with Crippen LogP contribution in [0.15, 0.2) is 12.4 Å². The lowest BCUT2D eigenvalue weighted by atomic mass is 10.2. The van der Waals surface area contributed by atoms with Crippen molar-refractivity contribution in [1.29, 1.82) is 0 Å². The highest BCUT2D eigenvalue weighted by Gasteiger charge is 2.14. The van der Waals surface area contributed by atoms with Crippen LogP contribution in [0.5, 0.6) is 0 Å². The molecule has 0 radical (unpaired) electrons. The Morgan fingerprint density at radius 2 is 2.41 bits per heavy atom. The summed E-state index contributed by atoms with van der Waals surface area (Å²) in [6, 6.07) is 0. The third-order valence-corrected chi connectivity index (χ3v) is 3.05. The summed E-state index contributed by atoms with van der Waals surface area (Å²) in [5.41, 5.74) is 1.26. The van der Waals surface area contributed by atoms with E-state index in [9.17, 15) is 0 Å². The zero-order valence-electron chi connectivity index (χ0n) is 10.4. The van der Waals surface area contributed by atoms with E-state index < -0.39 is 0 Å². The van der Waals surface area contributed by atoms with Crippen molar-refractivity contribution in [3.05, 3.63) is 18.0 Å². The molecule has 2 rings (SSSR count). The molecule has 1 atom stereocenters. The van der Waals surface area contributed by atoms with Crippen molar-refractivity contribution in [1.82, 2.24) is 15.1 Å². The molecule has 0 saturated carbocycles. The van der Waals surface area contributed by atoms with E-state index in [1.54, 1.807) is 0 Å². The average molecular weight is 239 g/mol. The van der Waals surface area contributed by atoms with Gasteiger partial charge in [-0.2, -0.15) is 5.10 Å². The van der Waals surface area contributed by atoms with Crippen molar-refractivity contribution in [3.63, 3.8) is 0 Å². The second kappa shape index (κ2) is 6.74. The summed E-state index contributed by atoms with van der Waals surface area (Å²) < 4.78 is 11.0. The van der Waals surface area contributed by atoms with Gasteiger partial charge in [0.05, 0.1) is 32.1 Å². The molecule has 5 heteroatoms. The van der Waals surface area contributed by atoms with Gasteiger partial charge in [-0.3, -0.25) is 5.10 Å². The van der Waals surface area contributed by atoms with Crippen molar-refractivity contribution < 1.29 is 9.47 Å². The van der Waals surface area contributed by atoms with Crippen molar-refractivity contribution in [2.24, 2.45) is 0 Å². The zero-order valence-corrected chi connectivity index (χ0v) is 10.4. The van der Waals surface area contributed by atoms with Gasteiger partial charge in [0.1, 0.15) is 0 Å². The van der Waals surface area contributed by atoms with Gasteiger partial charge in [0.25, 0.3) is 0 Å². The van der Waals surface area contributed by atoms with Gasteiger partial charge in [0.2, 0.25) is 0 Å². The normalized spacial score (nSPS) is 20.9. The highest BCUT2D eigenvalue weighted by atomic mass is 16.6. The summed E-state index contributed by atoms with van der Waals surface area (Å²) in [7, 11) is 2.14. The van der Waals surface area contributed by atoms with Crippen LogP contribution in [0.1, 0.15) is 12.0 Å². The fourth-order valence-electron chi connectivity index (χ4n) is 1.91. The molecule has 0 aliphatic carbocycles. The van der Waals surface area contributed by atoms with E-state index in [2.05, 4.69) is 22.1 Å². The van der Waals surface area contributed by atoms with E-state index in [4.69, 9.17) is 9.47 Å². The molecule has 1 aromatic heterocycles. The van der Waals surface area contributed by atoms with E-state index in [-0.39, 0.29) is 6.10 Å². The monoisotopic (exact) mass is 239 g/mol. The number of hydrogen-bond donors (Lipinski definition) is 1. The van der Waals surface area contributed by atoms with Gasteiger partial charge in [-0.15, -0.1) is 0 Å². The molecule has 2 heterocycles. The first-order valence-corrected chi connectivity index (χ1v) is 6.20. The molecule has 5 nitrogen and oxygen atoms in total. The van der Waals surface area contributed by atoms with Gasteiger partial charge in [-0.1, -0.05) is 0 Å². The summed E-state index contributed by atoms with van der Waals surface area (Å²) in [4.78, 5) is 2.32. The summed E-state index contributed by atoms with van der Waals surface area (Å²) in [6.45, 7) is 4.32. The van der Waals surface area contributed by atoms with Gasteiger partial charge >= 0.3 is 0 Å². The van der Waals surface area contributed by atoms with Gasteiger partial charge in [0, 0.05) is 19.3 Å². The third-order valence-electron chi connectivity index (χ3n) is 3.05. The zero-order chi connectivity index (χ0) is 11.9. The average Bonchev–Trinajstić information content (AvgIpc) is 2.88. The van der Waals surface area contributed by atoms with E-state index in [1.165, 1.54) is 5.56 Å². The molecule has 1 unspecified atom stereocenters. The number of nitrogens with zero attached hydrogens (tertiary/aromatic N) is 2. The Bertz CT molecular complexity index is 297. The van der Waals surface area contributed by atoms with Gasteiger partial charge < -0.3 is 14.4 Å². The second-order valence-electron chi connectivity index (χ2n) is 4.52. The summed E-state index contributed by atoms with van der Waals surface area (Å²) >= 11 is 0. The Morgan fingerprint density at radius 3 is 3.12 bits per heavy atom.